The molecule has 0 unspecified atom stereocenters. The third-order valence-electron chi connectivity index (χ3n) is 3.12. The second kappa shape index (κ2) is 3.48. The van der Waals surface area contributed by atoms with Gasteiger partial charge in [-0.15, -0.1) is 6.42 Å². The Labute approximate surface area is 85.3 Å². The molecule has 1 aliphatic rings. The second-order valence-electron chi connectivity index (χ2n) is 4.08. The molecule has 14 heavy (non-hydrogen) atoms. The van der Waals surface area contributed by atoms with Gasteiger partial charge in [0.25, 0.3) is 0 Å². The first-order valence-corrected chi connectivity index (χ1v) is 5.11. The molecule has 0 bridgehead atoms. The highest BCUT2D eigenvalue weighted by Gasteiger charge is 2.30. The molecule has 0 spiro atoms. The summed E-state index contributed by atoms with van der Waals surface area (Å²) in [5, 5.41) is 0. The normalized spacial score (nSPS) is 19.1. The molecule has 0 aromatic heterocycles. The van der Waals surface area contributed by atoms with Crippen LogP contribution >= 0.6 is 0 Å². The van der Waals surface area contributed by atoms with Crippen LogP contribution < -0.4 is 5.73 Å². The van der Waals surface area contributed by atoms with Crippen molar-refractivity contribution in [1.82, 2.24) is 0 Å². The molecule has 1 nitrogen and oxygen atoms in total. The van der Waals surface area contributed by atoms with Gasteiger partial charge in [-0.1, -0.05) is 30.9 Å². The average Bonchev–Trinajstić information content (AvgIpc) is 2.67. The van der Waals surface area contributed by atoms with E-state index in [0.717, 1.165) is 18.4 Å². The van der Waals surface area contributed by atoms with Crippen LogP contribution in [0.1, 0.15) is 36.8 Å². The van der Waals surface area contributed by atoms with Crippen molar-refractivity contribution in [3.63, 3.8) is 0 Å². The highest BCUT2D eigenvalue weighted by atomic mass is 14.8. The number of rotatable bonds is 1. The van der Waals surface area contributed by atoms with Crippen LogP contribution in [0.3, 0.4) is 0 Å². The molecule has 1 saturated carbocycles. The molecule has 1 fully saturated rings. The van der Waals surface area contributed by atoms with E-state index in [-0.39, 0.29) is 5.54 Å². The first kappa shape index (κ1) is 9.30. The highest BCUT2D eigenvalue weighted by Crippen LogP contribution is 2.36. The van der Waals surface area contributed by atoms with Crippen molar-refractivity contribution in [3.8, 4) is 12.3 Å². The smallest absolute Gasteiger partial charge is 0.0409 e. The molecular formula is C13H15N. The number of benzene rings is 1. The molecule has 2 N–H and O–H groups in total. The Morgan fingerprint density at radius 1 is 1.14 bits per heavy atom. The Kier molecular flexibility index (Phi) is 2.31. The van der Waals surface area contributed by atoms with Crippen molar-refractivity contribution in [1.29, 1.82) is 0 Å². The maximum Gasteiger partial charge on any atom is 0.0409 e. The van der Waals surface area contributed by atoms with E-state index in [2.05, 4.69) is 18.1 Å². The van der Waals surface area contributed by atoms with Gasteiger partial charge in [0.15, 0.2) is 0 Å². The predicted molar refractivity (Wildman–Crippen MR) is 58.7 cm³/mol. The average molecular weight is 185 g/mol. The van der Waals surface area contributed by atoms with Gasteiger partial charge in [-0.2, -0.15) is 0 Å². The van der Waals surface area contributed by atoms with E-state index >= 15 is 0 Å². The minimum absolute atomic E-state index is 0.0902. The SMILES string of the molecule is C#Cc1ccc(C2(N)CCCC2)cc1. The molecule has 1 heteroatoms. The van der Waals surface area contributed by atoms with E-state index in [1.165, 1.54) is 18.4 Å². The van der Waals surface area contributed by atoms with E-state index in [4.69, 9.17) is 12.2 Å². The molecule has 0 radical (unpaired) electrons. The van der Waals surface area contributed by atoms with Crippen molar-refractivity contribution in [3.05, 3.63) is 35.4 Å². The monoisotopic (exact) mass is 185 g/mol. The maximum absolute atomic E-state index is 6.32. The molecule has 1 aromatic carbocycles. The summed E-state index contributed by atoms with van der Waals surface area (Å²) in [7, 11) is 0. The van der Waals surface area contributed by atoms with E-state index < -0.39 is 0 Å². The standard InChI is InChI=1S/C13H15N/c1-2-11-5-7-12(8-6-11)13(14)9-3-4-10-13/h1,5-8H,3-4,9-10,14H2. The van der Waals surface area contributed by atoms with E-state index in [9.17, 15) is 0 Å². The first-order chi connectivity index (χ1) is 6.74. The summed E-state index contributed by atoms with van der Waals surface area (Å²) < 4.78 is 0. The lowest BCUT2D eigenvalue weighted by atomic mass is 9.89. The molecule has 0 saturated heterocycles. The molecule has 1 aliphatic carbocycles. The Morgan fingerprint density at radius 3 is 2.21 bits per heavy atom. The zero-order valence-electron chi connectivity index (χ0n) is 8.29. The number of hydrogen-bond acceptors (Lipinski definition) is 1. The lowest BCUT2D eigenvalue weighted by molar-refractivity contribution is 0.462. The van der Waals surface area contributed by atoms with E-state index in [1.807, 2.05) is 12.1 Å². The lowest BCUT2D eigenvalue weighted by Gasteiger charge is -2.24. The number of terminal acetylenes is 1. The summed E-state index contributed by atoms with van der Waals surface area (Å²) in [5.74, 6) is 2.62. The fourth-order valence-corrected chi connectivity index (χ4v) is 2.19. The predicted octanol–water partition coefficient (Wildman–Crippen LogP) is 2.40. The Balaban J connectivity index is 2.29. The topological polar surface area (TPSA) is 26.0 Å². The van der Waals surface area contributed by atoms with Crippen molar-refractivity contribution in [2.75, 3.05) is 0 Å². The maximum atomic E-state index is 6.32. The van der Waals surface area contributed by atoms with Gasteiger partial charge >= 0.3 is 0 Å². The summed E-state index contributed by atoms with van der Waals surface area (Å²) in [5.41, 5.74) is 8.39. The molecule has 2 rings (SSSR count). The van der Waals surface area contributed by atoms with Crippen LogP contribution in [0.15, 0.2) is 24.3 Å². The van der Waals surface area contributed by atoms with Gasteiger partial charge in [-0.25, -0.2) is 0 Å². The van der Waals surface area contributed by atoms with Crippen LogP contribution in [0, 0.1) is 12.3 Å². The molecule has 0 heterocycles. The van der Waals surface area contributed by atoms with Gasteiger partial charge in [-0.05, 0) is 30.5 Å². The van der Waals surface area contributed by atoms with Crippen LogP contribution in [0.5, 0.6) is 0 Å². The van der Waals surface area contributed by atoms with Gasteiger partial charge < -0.3 is 5.73 Å². The second-order valence-corrected chi connectivity index (χ2v) is 4.08. The Morgan fingerprint density at radius 2 is 1.71 bits per heavy atom. The largest absolute Gasteiger partial charge is 0.321 e. The van der Waals surface area contributed by atoms with Crippen LogP contribution in [-0.4, -0.2) is 0 Å². The Hall–Kier alpha value is -1.26. The third-order valence-corrected chi connectivity index (χ3v) is 3.12. The van der Waals surface area contributed by atoms with Crippen molar-refractivity contribution in [2.45, 2.75) is 31.2 Å². The lowest BCUT2D eigenvalue weighted by Crippen LogP contribution is -2.32. The molecular weight excluding hydrogens is 170 g/mol. The van der Waals surface area contributed by atoms with Gasteiger partial charge in [0.1, 0.15) is 0 Å². The Bertz CT molecular complexity index is 350. The summed E-state index contributed by atoms with van der Waals surface area (Å²) in [6.07, 6.45) is 9.99. The first-order valence-electron chi connectivity index (χ1n) is 5.11. The zero-order valence-corrected chi connectivity index (χ0v) is 8.29. The van der Waals surface area contributed by atoms with E-state index in [0.29, 0.717) is 0 Å². The van der Waals surface area contributed by atoms with Gasteiger partial charge in [0.2, 0.25) is 0 Å². The molecule has 0 amide bonds. The van der Waals surface area contributed by atoms with Crippen LogP contribution in [0.4, 0.5) is 0 Å². The summed E-state index contributed by atoms with van der Waals surface area (Å²) in [4.78, 5) is 0. The van der Waals surface area contributed by atoms with Gasteiger partial charge in [0, 0.05) is 11.1 Å². The number of hydrogen-bond donors (Lipinski definition) is 1. The summed E-state index contributed by atoms with van der Waals surface area (Å²) >= 11 is 0. The zero-order chi connectivity index (χ0) is 10.0. The highest BCUT2D eigenvalue weighted by molar-refractivity contribution is 5.36. The molecule has 1 aromatic rings. The summed E-state index contributed by atoms with van der Waals surface area (Å²) in [6, 6.07) is 8.09. The fourth-order valence-electron chi connectivity index (χ4n) is 2.19. The van der Waals surface area contributed by atoms with Crippen molar-refractivity contribution >= 4 is 0 Å². The molecule has 0 aliphatic heterocycles. The fraction of sp³-hybridized carbons (Fsp3) is 0.385. The van der Waals surface area contributed by atoms with Crippen LogP contribution in [0.25, 0.3) is 0 Å². The molecule has 0 atom stereocenters. The van der Waals surface area contributed by atoms with Crippen LogP contribution in [-0.2, 0) is 5.54 Å². The van der Waals surface area contributed by atoms with Crippen molar-refractivity contribution < 1.29 is 0 Å². The van der Waals surface area contributed by atoms with Gasteiger partial charge in [-0.3, -0.25) is 0 Å². The van der Waals surface area contributed by atoms with E-state index in [1.54, 1.807) is 0 Å². The van der Waals surface area contributed by atoms with Crippen LogP contribution in [0.2, 0.25) is 0 Å². The number of nitrogens with two attached hydrogens (primary N) is 1. The molecule has 72 valence electrons. The minimum atomic E-state index is -0.0902. The minimum Gasteiger partial charge on any atom is -0.321 e. The quantitative estimate of drug-likeness (QED) is 0.668. The summed E-state index contributed by atoms with van der Waals surface area (Å²) in [6.45, 7) is 0. The van der Waals surface area contributed by atoms with Crippen molar-refractivity contribution in [2.24, 2.45) is 5.73 Å². The van der Waals surface area contributed by atoms with Gasteiger partial charge in [0.05, 0.1) is 0 Å². The third kappa shape index (κ3) is 1.54.